The van der Waals surface area contributed by atoms with E-state index in [0.717, 1.165) is 25.9 Å². The average Bonchev–Trinajstić information content (AvgIpc) is 2.32. The average molecular weight is 307 g/mol. The summed E-state index contributed by atoms with van der Waals surface area (Å²) >= 11 is 0. The number of ether oxygens (including phenoxy) is 1. The molecule has 0 aromatic heterocycles. The van der Waals surface area contributed by atoms with Crippen molar-refractivity contribution in [2.75, 3.05) is 39.9 Å². The van der Waals surface area contributed by atoms with Gasteiger partial charge in [-0.25, -0.2) is 0 Å². The highest BCUT2D eigenvalue weighted by Crippen LogP contribution is 2.19. The lowest BCUT2D eigenvalue weighted by Gasteiger charge is -2.33. The van der Waals surface area contributed by atoms with Crippen molar-refractivity contribution >= 4 is 10.2 Å². The minimum atomic E-state index is -3.35. The van der Waals surface area contributed by atoms with Crippen molar-refractivity contribution in [3.63, 3.8) is 0 Å². The summed E-state index contributed by atoms with van der Waals surface area (Å²) in [4.78, 5) is 0. The molecule has 0 bridgehead atoms. The molecule has 0 unspecified atom stereocenters. The third-order valence-corrected chi connectivity index (χ3v) is 5.18. The largest absolute Gasteiger partial charge is 0.383 e. The lowest BCUT2D eigenvalue weighted by molar-refractivity contribution is 0.194. The summed E-state index contributed by atoms with van der Waals surface area (Å²) in [6, 6.07) is 0. The number of methoxy groups -OCH3 is 1. The van der Waals surface area contributed by atoms with E-state index in [4.69, 9.17) is 4.74 Å². The molecule has 0 spiro atoms. The number of piperidine rings is 1. The van der Waals surface area contributed by atoms with E-state index in [0.29, 0.717) is 25.6 Å². The maximum Gasteiger partial charge on any atom is 0.279 e. The minimum Gasteiger partial charge on any atom is -0.383 e. The molecule has 120 valence electrons. The van der Waals surface area contributed by atoms with Gasteiger partial charge in [-0.15, -0.1) is 0 Å². The minimum absolute atomic E-state index is 0.433. The van der Waals surface area contributed by atoms with Crippen molar-refractivity contribution in [1.29, 1.82) is 0 Å². The van der Waals surface area contributed by atoms with E-state index in [1.807, 2.05) is 20.8 Å². The van der Waals surface area contributed by atoms with E-state index < -0.39 is 15.7 Å². The van der Waals surface area contributed by atoms with Crippen LogP contribution in [0.1, 0.15) is 33.6 Å². The van der Waals surface area contributed by atoms with Gasteiger partial charge in [-0.1, -0.05) is 0 Å². The third-order valence-electron chi connectivity index (χ3n) is 3.26. The van der Waals surface area contributed by atoms with Crippen LogP contribution in [0, 0.1) is 5.92 Å². The van der Waals surface area contributed by atoms with Crippen molar-refractivity contribution in [1.82, 2.24) is 14.3 Å². The van der Waals surface area contributed by atoms with Crippen LogP contribution in [-0.2, 0) is 14.9 Å². The van der Waals surface area contributed by atoms with Crippen molar-refractivity contribution < 1.29 is 13.2 Å². The zero-order valence-electron chi connectivity index (χ0n) is 13.1. The van der Waals surface area contributed by atoms with Crippen LogP contribution in [0.15, 0.2) is 0 Å². The van der Waals surface area contributed by atoms with E-state index in [2.05, 4.69) is 10.0 Å². The number of hydrogen-bond acceptors (Lipinski definition) is 4. The van der Waals surface area contributed by atoms with Crippen molar-refractivity contribution in [3.05, 3.63) is 0 Å². The standard InChI is InChI=1S/C13H29N3O3S/c1-13(2,3)15-20(17,18)16-8-5-12(6-9-16)11-14-7-10-19-4/h12,14-15H,5-11H2,1-4H3. The SMILES string of the molecule is COCCNCC1CCN(S(=O)(=O)NC(C)(C)C)CC1. The van der Waals surface area contributed by atoms with Crippen LogP contribution in [0.2, 0.25) is 0 Å². The van der Waals surface area contributed by atoms with E-state index in [1.54, 1.807) is 11.4 Å². The first-order valence-electron chi connectivity index (χ1n) is 7.23. The van der Waals surface area contributed by atoms with Gasteiger partial charge in [-0.2, -0.15) is 17.4 Å². The fraction of sp³-hybridized carbons (Fsp3) is 1.00. The van der Waals surface area contributed by atoms with Crippen LogP contribution in [0.5, 0.6) is 0 Å². The van der Waals surface area contributed by atoms with Crippen molar-refractivity contribution in [2.24, 2.45) is 5.92 Å². The molecule has 20 heavy (non-hydrogen) atoms. The molecule has 0 saturated carbocycles. The van der Waals surface area contributed by atoms with Crippen LogP contribution < -0.4 is 10.0 Å². The van der Waals surface area contributed by atoms with Gasteiger partial charge in [0.2, 0.25) is 0 Å². The Labute approximate surface area is 123 Å². The fourth-order valence-electron chi connectivity index (χ4n) is 2.29. The summed E-state index contributed by atoms with van der Waals surface area (Å²) in [5.74, 6) is 0.549. The van der Waals surface area contributed by atoms with E-state index in [-0.39, 0.29) is 0 Å². The highest BCUT2D eigenvalue weighted by Gasteiger charge is 2.30. The first kappa shape index (κ1) is 17.8. The lowest BCUT2D eigenvalue weighted by Crippen LogP contribution is -2.51. The third kappa shape index (κ3) is 6.49. The number of nitrogens with zero attached hydrogens (tertiary/aromatic N) is 1. The van der Waals surface area contributed by atoms with E-state index in [9.17, 15) is 8.42 Å². The predicted octanol–water partition coefficient (Wildman–Crippen LogP) is 0.567. The van der Waals surface area contributed by atoms with Gasteiger partial charge >= 0.3 is 0 Å². The molecular formula is C13H29N3O3S. The molecule has 0 radical (unpaired) electrons. The van der Waals surface area contributed by atoms with Gasteiger partial charge in [0.1, 0.15) is 0 Å². The Bertz CT molecular complexity index is 371. The summed E-state index contributed by atoms with van der Waals surface area (Å²) in [6.07, 6.45) is 1.82. The molecule has 1 aliphatic rings. The molecule has 0 aromatic carbocycles. The second kappa shape index (κ2) is 7.70. The van der Waals surface area contributed by atoms with Gasteiger partial charge in [-0.3, -0.25) is 0 Å². The quantitative estimate of drug-likeness (QED) is 0.675. The molecule has 0 aromatic rings. The molecule has 1 aliphatic heterocycles. The fourth-order valence-corrected chi connectivity index (χ4v) is 3.88. The van der Waals surface area contributed by atoms with Crippen LogP contribution in [0.25, 0.3) is 0 Å². The molecule has 0 aliphatic carbocycles. The Morgan fingerprint density at radius 3 is 2.35 bits per heavy atom. The topological polar surface area (TPSA) is 70.7 Å². The van der Waals surface area contributed by atoms with Gasteiger partial charge in [0.25, 0.3) is 10.2 Å². The molecule has 0 amide bonds. The predicted molar refractivity (Wildman–Crippen MR) is 80.9 cm³/mol. The lowest BCUT2D eigenvalue weighted by atomic mass is 9.98. The second-order valence-corrected chi connectivity index (χ2v) is 8.07. The summed E-state index contributed by atoms with van der Waals surface area (Å²) in [7, 11) is -1.66. The Morgan fingerprint density at radius 1 is 1.25 bits per heavy atom. The van der Waals surface area contributed by atoms with E-state index >= 15 is 0 Å². The first-order chi connectivity index (χ1) is 9.24. The number of hydrogen-bond donors (Lipinski definition) is 2. The van der Waals surface area contributed by atoms with E-state index in [1.165, 1.54) is 0 Å². The second-order valence-electron chi connectivity index (χ2n) is 6.40. The zero-order valence-corrected chi connectivity index (χ0v) is 13.9. The maximum atomic E-state index is 12.2. The molecule has 0 atom stereocenters. The van der Waals surface area contributed by atoms with Crippen LogP contribution in [-0.4, -0.2) is 58.2 Å². The highest BCUT2D eigenvalue weighted by atomic mass is 32.2. The number of nitrogens with one attached hydrogen (secondary N) is 2. The molecule has 1 fully saturated rings. The van der Waals surface area contributed by atoms with Gasteiger partial charge in [-0.05, 0) is 46.1 Å². The Balaban J connectivity index is 2.34. The molecule has 1 rings (SSSR count). The first-order valence-corrected chi connectivity index (χ1v) is 8.67. The highest BCUT2D eigenvalue weighted by molar-refractivity contribution is 7.87. The van der Waals surface area contributed by atoms with Crippen LogP contribution in [0.4, 0.5) is 0 Å². The van der Waals surface area contributed by atoms with Gasteiger partial charge < -0.3 is 10.1 Å². The smallest absolute Gasteiger partial charge is 0.279 e. The summed E-state index contributed by atoms with van der Waals surface area (Å²) in [5.41, 5.74) is -0.433. The normalized spacial score (nSPS) is 19.4. The van der Waals surface area contributed by atoms with Gasteiger partial charge in [0, 0.05) is 32.3 Å². The maximum absolute atomic E-state index is 12.2. The molecule has 7 heteroatoms. The molecule has 2 N–H and O–H groups in total. The molecular weight excluding hydrogens is 278 g/mol. The van der Waals surface area contributed by atoms with Crippen molar-refractivity contribution in [3.8, 4) is 0 Å². The van der Waals surface area contributed by atoms with Crippen LogP contribution >= 0.6 is 0 Å². The van der Waals surface area contributed by atoms with Gasteiger partial charge in [0.05, 0.1) is 6.61 Å². The van der Waals surface area contributed by atoms with Crippen molar-refractivity contribution in [2.45, 2.75) is 39.2 Å². The monoisotopic (exact) mass is 307 g/mol. The summed E-state index contributed by atoms with van der Waals surface area (Å²) in [6.45, 7) is 9.27. The Hall–Kier alpha value is -0.210. The zero-order chi connectivity index (χ0) is 15.2. The summed E-state index contributed by atoms with van der Waals surface area (Å²) in [5, 5.41) is 3.34. The summed E-state index contributed by atoms with van der Waals surface area (Å²) < 4.78 is 33.6. The van der Waals surface area contributed by atoms with Crippen LogP contribution in [0.3, 0.4) is 0 Å². The molecule has 6 nitrogen and oxygen atoms in total. The molecule has 1 saturated heterocycles. The molecule has 1 heterocycles. The van der Waals surface area contributed by atoms with Gasteiger partial charge in [0.15, 0.2) is 0 Å². The Kier molecular flexibility index (Phi) is 6.87. The number of rotatable bonds is 7. The Morgan fingerprint density at radius 2 is 1.85 bits per heavy atom.